The number of amides is 2. The minimum atomic E-state index is -4.17. The highest BCUT2D eigenvalue weighted by Gasteiger charge is 2.22. The van der Waals surface area contributed by atoms with Gasteiger partial charge < -0.3 is 5.11 Å². The summed E-state index contributed by atoms with van der Waals surface area (Å²) in [4.78, 5) is 25.6. The third-order valence-electron chi connectivity index (χ3n) is 5.50. The monoisotopic (exact) mass is 536 g/mol. The first-order chi connectivity index (χ1) is 17.8. The maximum atomic E-state index is 13.4. The van der Waals surface area contributed by atoms with Crippen molar-refractivity contribution in [3.05, 3.63) is 84.4 Å². The van der Waals surface area contributed by atoms with E-state index >= 15 is 0 Å². The first kappa shape index (κ1) is 26.0. The Morgan fingerprint density at radius 3 is 2.14 bits per heavy atom. The van der Waals surface area contributed by atoms with Gasteiger partial charge in [-0.1, -0.05) is 79.3 Å². The zero-order valence-electron chi connectivity index (χ0n) is 19.9. The molecule has 1 aromatic heterocycles. The number of aromatic nitrogens is 2. The number of benzene rings is 3. The van der Waals surface area contributed by atoms with E-state index in [0.29, 0.717) is 27.8 Å². The topological polar surface area (TPSA) is 130 Å². The van der Waals surface area contributed by atoms with Crippen LogP contribution in [0.25, 0.3) is 21.7 Å². The lowest BCUT2D eigenvalue weighted by molar-refractivity contribution is 0.0986. The molecule has 1 heterocycles. The van der Waals surface area contributed by atoms with Crippen LogP contribution in [0, 0.1) is 0 Å². The molecule has 2 amide bonds. The van der Waals surface area contributed by atoms with E-state index in [0.717, 1.165) is 24.0 Å². The van der Waals surface area contributed by atoms with Crippen molar-refractivity contribution in [2.75, 3.05) is 11.4 Å². The van der Waals surface area contributed by atoms with Crippen LogP contribution in [0.5, 0.6) is 0 Å². The highest BCUT2D eigenvalue weighted by atomic mass is 32.2. The number of carboxylic acid groups (broad SMARTS) is 1. The van der Waals surface area contributed by atoms with Gasteiger partial charge in [0, 0.05) is 17.7 Å². The number of hydrogen-bond acceptors (Lipinski definition) is 7. The van der Waals surface area contributed by atoms with Crippen molar-refractivity contribution in [2.24, 2.45) is 0 Å². The second-order valence-electron chi connectivity index (χ2n) is 8.08. The van der Waals surface area contributed by atoms with Gasteiger partial charge in [-0.15, -0.1) is 10.2 Å². The van der Waals surface area contributed by atoms with E-state index in [1.807, 2.05) is 49.4 Å². The second-order valence-corrected chi connectivity index (χ2v) is 10.7. The number of nitrogens with one attached hydrogen (secondary N) is 1. The van der Waals surface area contributed by atoms with Gasteiger partial charge in [0.15, 0.2) is 0 Å². The molecule has 190 valence electrons. The summed E-state index contributed by atoms with van der Waals surface area (Å²) in [6.07, 6.45) is 0.0126. The Hall–Kier alpha value is -4.09. The number of nitrogens with zero attached hydrogens (tertiary/aromatic N) is 3. The number of carbonyl (C=O) groups is 2. The molecule has 37 heavy (non-hydrogen) atoms. The van der Waals surface area contributed by atoms with E-state index in [9.17, 15) is 18.0 Å². The molecule has 0 radical (unpaired) electrons. The van der Waals surface area contributed by atoms with Crippen molar-refractivity contribution < 1.29 is 23.1 Å². The Morgan fingerprint density at radius 1 is 0.892 bits per heavy atom. The zero-order chi connectivity index (χ0) is 26.4. The fourth-order valence-electron chi connectivity index (χ4n) is 3.58. The average molecular weight is 537 g/mol. The summed E-state index contributed by atoms with van der Waals surface area (Å²) in [6.45, 7) is 2.51. The molecule has 0 aliphatic heterocycles. The molecule has 9 nitrogen and oxygen atoms in total. The molecule has 0 saturated heterocycles. The van der Waals surface area contributed by atoms with Gasteiger partial charge in [-0.2, -0.15) is 0 Å². The van der Waals surface area contributed by atoms with Gasteiger partial charge in [-0.25, -0.2) is 17.9 Å². The van der Waals surface area contributed by atoms with E-state index in [1.54, 1.807) is 17.0 Å². The number of rotatable bonds is 9. The van der Waals surface area contributed by atoms with Gasteiger partial charge in [0.1, 0.15) is 5.01 Å². The van der Waals surface area contributed by atoms with Crippen LogP contribution in [0.3, 0.4) is 0 Å². The average Bonchev–Trinajstić information content (AvgIpc) is 3.39. The van der Waals surface area contributed by atoms with Crippen LogP contribution in [0.15, 0.2) is 83.8 Å². The predicted molar refractivity (Wildman–Crippen MR) is 142 cm³/mol. The van der Waals surface area contributed by atoms with E-state index < -0.39 is 16.1 Å². The maximum Gasteiger partial charge on any atom is 0.418 e. The Kier molecular flexibility index (Phi) is 7.95. The minimum absolute atomic E-state index is 0.183. The third-order valence-corrected chi connectivity index (χ3v) is 7.83. The minimum Gasteiger partial charge on any atom is -0.464 e. The van der Waals surface area contributed by atoms with Gasteiger partial charge >= 0.3 is 6.09 Å². The quantitative estimate of drug-likeness (QED) is 0.298. The van der Waals surface area contributed by atoms with Gasteiger partial charge in [-0.05, 0) is 41.8 Å². The fraction of sp³-hybridized carbons (Fsp3) is 0.154. The third kappa shape index (κ3) is 6.19. The highest BCUT2D eigenvalue weighted by Crippen LogP contribution is 2.31. The van der Waals surface area contributed by atoms with Gasteiger partial charge in [-0.3, -0.25) is 9.69 Å². The number of anilines is 1. The van der Waals surface area contributed by atoms with Crippen LogP contribution >= 0.6 is 11.3 Å². The largest absolute Gasteiger partial charge is 0.464 e. The number of hydrogen-bond donors (Lipinski definition) is 2. The maximum absolute atomic E-state index is 13.4. The lowest BCUT2D eigenvalue weighted by atomic mass is 10.0. The van der Waals surface area contributed by atoms with E-state index in [4.69, 9.17) is 5.11 Å². The molecule has 4 rings (SSSR count). The first-order valence-corrected chi connectivity index (χ1v) is 13.8. The summed E-state index contributed by atoms with van der Waals surface area (Å²) < 4.78 is 25.6. The molecule has 0 atom stereocenters. The van der Waals surface area contributed by atoms with Crippen molar-refractivity contribution in [3.63, 3.8) is 0 Å². The summed E-state index contributed by atoms with van der Waals surface area (Å²) >= 11 is 1.22. The summed E-state index contributed by atoms with van der Waals surface area (Å²) in [5.41, 5.74) is 3.20. The fourth-order valence-corrected chi connectivity index (χ4v) is 5.30. The SMILES string of the molecule is CCCCN(C(=O)c1ccc(-c2ccccc2)cc1)c1nnc(-c2ccc(S(=O)(=O)NC(=O)O)cc2)s1. The molecule has 0 saturated carbocycles. The normalized spacial score (nSPS) is 11.2. The molecule has 0 bridgehead atoms. The first-order valence-electron chi connectivity index (χ1n) is 11.5. The second kappa shape index (κ2) is 11.3. The van der Waals surface area contributed by atoms with Crippen molar-refractivity contribution in [2.45, 2.75) is 24.7 Å². The summed E-state index contributed by atoms with van der Waals surface area (Å²) in [5, 5.41) is 18.1. The molecule has 3 aromatic carbocycles. The lowest BCUT2D eigenvalue weighted by Crippen LogP contribution is -2.31. The lowest BCUT2D eigenvalue weighted by Gasteiger charge is -2.19. The van der Waals surface area contributed by atoms with Gasteiger partial charge in [0.05, 0.1) is 4.90 Å². The zero-order valence-corrected chi connectivity index (χ0v) is 21.5. The van der Waals surface area contributed by atoms with E-state index in [1.165, 1.54) is 40.3 Å². The number of unbranched alkanes of at least 4 members (excludes halogenated alkanes) is 1. The molecule has 0 fully saturated rings. The van der Waals surface area contributed by atoms with Crippen molar-refractivity contribution in [1.29, 1.82) is 0 Å². The standard InChI is InChI=1S/C26H24N4O5S2/c1-2-3-17-30(24(31)21-11-9-19(10-12-21)18-7-5-4-6-8-18)25-28-27-23(36-25)20-13-15-22(16-14-20)37(34,35)29-26(32)33/h4-16,29H,2-3,17H2,1H3,(H,32,33). The van der Waals surface area contributed by atoms with Gasteiger partial charge in [0.2, 0.25) is 5.13 Å². The molecule has 11 heteroatoms. The molecule has 4 aromatic rings. The van der Waals surface area contributed by atoms with Crippen LogP contribution in [0.4, 0.5) is 9.93 Å². The Bertz CT molecular complexity index is 1490. The summed E-state index contributed by atoms with van der Waals surface area (Å²) in [6, 6.07) is 23.0. The molecule has 0 spiro atoms. The highest BCUT2D eigenvalue weighted by molar-refractivity contribution is 7.90. The predicted octanol–water partition coefficient (Wildman–Crippen LogP) is 5.28. The number of sulfonamides is 1. The number of carbonyl (C=O) groups excluding carboxylic acids is 1. The van der Waals surface area contributed by atoms with E-state index in [2.05, 4.69) is 10.2 Å². The summed E-state index contributed by atoms with van der Waals surface area (Å²) in [7, 11) is -4.17. The van der Waals surface area contributed by atoms with Crippen LogP contribution in [0.1, 0.15) is 30.1 Å². The van der Waals surface area contributed by atoms with Crippen LogP contribution in [-0.4, -0.2) is 42.3 Å². The molecular formula is C26H24N4O5S2. The molecule has 0 unspecified atom stereocenters. The van der Waals surface area contributed by atoms with Crippen LogP contribution < -0.4 is 9.62 Å². The van der Waals surface area contributed by atoms with Crippen molar-refractivity contribution in [3.8, 4) is 21.7 Å². The molecule has 2 N–H and O–H groups in total. The Morgan fingerprint density at radius 2 is 1.51 bits per heavy atom. The molecular weight excluding hydrogens is 512 g/mol. The molecule has 0 aliphatic rings. The van der Waals surface area contributed by atoms with Gasteiger partial charge in [0.25, 0.3) is 15.9 Å². The molecule has 0 aliphatic carbocycles. The van der Waals surface area contributed by atoms with Crippen LogP contribution in [0.2, 0.25) is 0 Å². The van der Waals surface area contributed by atoms with Crippen molar-refractivity contribution >= 4 is 38.5 Å². The summed E-state index contributed by atoms with van der Waals surface area (Å²) in [5.74, 6) is -0.183. The Balaban J connectivity index is 1.56. The van der Waals surface area contributed by atoms with E-state index in [-0.39, 0.29) is 10.8 Å². The smallest absolute Gasteiger partial charge is 0.418 e. The van der Waals surface area contributed by atoms with Crippen molar-refractivity contribution in [1.82, 2.24) is 14.9 Å². The van der Waals surface area contributed by atoms with Crippen LogP contribution in [-0.2, 0) is 10.0 Å². The Labute approximate surface area is 218 Å².